The number of carbonyl (C=O) groups excluding carboxylic acids is 2. The van der Waals surface area contributed by atoms with E-state index in [1.807, 2.05) is 0 Å². The minimum Gasteiger partial charge on any atom is -0.345 e. The number of amides is 2. The molecule has 1 aromatic heterocycles. The lowest BCUT2D eigenvalue weighted by Gasteiger charge is -2.23. The van der Waals surface area contributed by atoms with Gasteiger partial charge in [0.25, 0.3) is 5.91 Å². The second-order valence-corrected chi connectivity index (χ2v) is 7.29. The summed E-state index contributed by atoms with van der Waals surface area (Å²) in [5.74, 6) is -0.0673. The van der Waals surface area contributed by atoms with Gasteiger partial charge in [0.1, 0.15) is 0 Å². The summed E-state index contributed by atoms with van der Waals surface area (Å²) in [5.41, 5.74) is 2.63. The first-order valence-corrected chi connectivity index (χ1v) is 9.36. The maximum atomic E-state index is 12.4. The van der Waals surface area contributed by atoms with Crippen molar-refractivity contribution < 1.29 is 9.59 Å². The molecule has 2 aromatic rings. The molecule has 5 nitrogen and oxygen atoms in total. The van der Waals surface area contributed by atoms with Crippen molar-refractivity contribution in [1.29, 1.82) is 0 Å². The van der Waals surface area contributed by atoms with Gasteiger partial charge in [0.05, 0.1) is 6.54 Å². The average Bonchev–Trinajstić information content (AvgIpc) is 3.25. The summed E-state index contributed by atoms with van der Waals surface area (Å²) < 4.78 is 0. The Morgan fingerprint density at radius 3 is 2.64 bits per heavy atom. The Kier molecular flexibility index (Phi) is 5.50. The van der Waals surface area contributed by atoms with Gasteiger partial charge in [-0.2, -0.15) is 11.3 Å². The van der Waals surface area contributed by atoms with Crippen LogP contribution in [0.4, 0.5) is 5.69 Å². The number of hydrogen-bond donors (Lipinski definition) is 1. The highest BCUT2D eigenvalue weighted by Gasteiger charge is 2.27. The van der Waals surface area contributed by atoms with Gasteiger partial charge in [0, 0.05) is 31.4 Å². The van der Waals surface area contributed by atoms with Gasteiger partial charge >= 0.3 is 0 Å². The van der Waals surface area contributed by atoms with Crippen LogP contribution in [0, 0.1) is 0 Å². The van der Waals surface area contributed by atoms with E-state index >= 15 is 0 Å². The van der Waals surface area contributed by atoms with Crippen LogP contribution in [0.15, 0.2) is 41.1 Å². The van der Waals surface area contributed by atoms with Crippen LogP contribution in [0.5, 0.6) is 0 Å². The third-order valence-electron chi connectivity index (χ3n) is 4.46. The highest BCUT2D eigenvalue weighted by Crippen LogP contribution is 2.32. The number of hydrogen-bond acceptors (Lipinski definition) is 4. The molecule has 0 unspecified atom stereocenters. The smallest absolute Gasteiger partial charge is 0.253 e. The third kappa shape index (κ3) is 4.27. The largest absolute Gasteiger partial charge is 0.345 e. The zero-order valence-electron chi connectivity index (χ0n) is 14.6. The summed E-state index contributed by atoms with van der Waals surface area (Å²) >= 11 is 1.70. The zero-order valence-corrected chi connectivity index (χ0v) is 15.4. The number of rotatable bonds is 5. The van der Waals surface area contributed by atoms with Crippen molar-refractivity contribution in [2.24, 2.45) is 0 Å². The van der Waals surface area contributed by atoms with E-state index in [9.17, 15) is 9.59 Å². The molecule has 0 radical (unpaired) electrons. The Morgan fingerprint density at radius 1 is 1.24 bits per heavy atom. The summed E-state index contributed by atoms with van der Waals surface area (Å²) in [7, 11) is 3.44. The van der Waals surface area contributed by atoms with Crippen molar-refractivity contribution in [3.63, 3.8) is 0 Å². The van der Waals surface area contributed by atoms with E-state index < -0.39 is 0 Å². The molecule has 1 aliphatic heterocycles. The number of anilines is 1. The summed E-state index contributed by atoms with van der Waals surface area (Å²) in [6, 6.07) is 9.51. The lowest BCUT2D eigenvalue weighted by molar-refractivity contribution is -0.117. The Bertz CT molecular complexity index is 726. The fraction of sp³-hybridized carbons (Fsp3) is 0.368. The number of likely N-dealkylation sites (tertiary alicyclic amines) is 1. The molecule has 1 atom stereocenters. The molecule has 0 bridgehead atoms. The fourth-order valence-electron chi connectivity index (χ4n) is 3.20. The highest BCUT2D eigenvalue weighted by molar-refractivity contribution is 7.07. The minimum absolute atomic E-state index is 0.0196. The van der Waals surface area contributed by atoms with Gasteiger partial charge in [-0.3, -0.25) is 14.5 Å². The third-order valence-corrected chi connectivity index (χ3v) is 5.16. The van der Waals surface area contributed by atoms with E-state index in [0.717, 1.165) is 19.4 Å². The normalized spacial score (nSPS) is 17.4. The monoisotopic (exact) mass is 357 g/mol. The summed E-state index contributed by atoms with van der Waals surface area (Å²) in [6.45, 7) is 1.34. The first-order valence-electron chi connectivity index (χ1n) is 8.42. The van der Waals surface area contributed by atoms with Crippen molar-refractivity contribution in [2.75, 3.05) is 32.5 Å². The molecule has 1 aliphatic rings. The maximum Gasteiger partial charge on any atom is 0.253 e. The predicted octanol–water partition coefficient (Wildman–Crippen LogP) is 3.23. The number of benzene rings is 1. The molecule has 25 heavy (non-hydrogen) atoms. The van der Waals surface area contributed by atoms with E-state index in [-0.39, 0.29) is 11.8 Å². The molecule has 1 N–H and O–H groups in total. The zero-order chi connectivity index (χ0) is 17.8. The molecule has 0 saturated carbocycles. The van der Waals surface area contributed by atoms with Gasteiger partial charge in [0.15, 0.2) is 0 Å². The van der Waals surface area contributed by atoms with Crippen LogP contribution >= 0.6 is 11.3 Å². The van der Waals surface area contributed by atoms with Crippen molar-refractivity contribution in [1.82, 2.24) is 9.80 Å². The van der Waals surface area contributed by atoms with E-state index in [0.29, 0.717) is 23.8 Å². The lowest BCUT2D eigenvalue weighted by atomic mass is 10.1. The minimum atomic E-state index is -0.0476. The van der Waals surface area contributed by atoms with Crippen molar-refractivity contribution in [3.05, 3.63) is 52.2 Å². The molecule has 132 valence electrons. The molecule has 2 amide bonds. The number of nitrogens with one attached hydrogen (secondary N) is 1. The average molecular weight is 357 g/mol. The first kappa shape index (κ1) is 17.6. The van der Waals surface area contributed by atoms with Crippen LogP contribution in [0.1, 0.15) is 34.8 Å². The second-order valence-electron chi connectivity index (χ2n) is 6.51. The Balaban J connectivity index is 1.58. The summed E-state index contributed by atoms with van der Waals surface area (Å²) in [4.78, 5) is 28.0. The van der Waals surface area contributed by atoms with Gasteiger partial charge in [0.2, 0.25) is 5.91 Å². The molecule has 2 heterocycles. The van der Waals surface area contributed by atoms with Gasteiger partial charge in [-0.05, 0) is 66.0 Å². The van der Waals surface area contributed by atoms with Gasteiger partial charge in [-0.25, -0.2) is 0 Å². The molecule has 1 fully saturated rings. The maximum absolute atomic E-state index is 12.4. The Morgan fingerprint density at radius 2 is 2.00 bits per heavy atom. The van der Waals surface area contributed by atoms with Gasteiger partial charge in [-0.1, -0.05) is 0 Å². The van der Waals surface area contributed by atoms with Gasteiger partial charge in [-0.15, -0.1) is 0 Å². The predicted molar refractivity (Wildman–Crippen MR) is 101 cm³/mol. The van der Waals surface area contributed by atoms with E-state index in [1.165, 1.54) is 10.5 Å². The highest BCUT2D eigenvalue weighted by atomic mass is 32.1. The topological polar surface area (TPSA) is 52.7 Å². The van der Waals surface area contributed by atoms with E-state index in [2.05, 4.69) is 27.0 Å². The van der Waals surface area contributed by atoms with Crippen LogP contribution in [0.25, 0.3) is 0 Å². The number of thiophene rings is 1. The van der Waals surface area contributed by atoms with Crippen LogP contribution < -0.4 is 5.32 Å². The molecule has 1 aromatic carbocycles. The standard InChI is InChI=1S/C19H23N3O2S/c1-21(2)19(24)14-5-7-16(8-6-14)20-18(23)12-22-10-3-4-17(22)15-9-11-25-13-15/h5-9,11,13,17H,3-4,10,12H2,1-2H3,(H,20,23)/t17-/m1/s1. The summed E-state index contributed by atoms with van der Waals surface area (Å²) in [5, 5.41) is 7.18. The van der Waals surface area contributed by atoms with Crippen LogP contribution in [-0.2, 0) is 4.79 Å². The van der Waals surface area contributed by atoms with Crippen molar-refractivity contribution in [2.45, 2.75) is 18.9 Å². The quantitative estimate of drug-likeness (QED) is 0.894. The first-order chi connectivity index (χ1) is 12.0. The lowest BCUT2D eigenvalue weighted by Crippen LogP contribution is -2.32. The Labute approximate surface area is 152 Å². The second kappa shape index (κ2) is 7.80. The van der Waals surface area contributed by atoms with E-state index in [4.69, 9.17) is 0 Å². The van der Waals surface area contributed by atoms with Crippen molar-refractivity contribution >= 4 is 28.8 Å². The number of nitrogens with zero attached hydrogens (tertiary/aromatic N) is 2. The molecule has 0 spiro atoms. The SMILES string of the molecule is CN(C)C(=O)c1ccc(NC(=O)CN2CCC[C@@H]2c2ccsc2)cc1. The molecular formula is C19H23N3O2S. The molecule has 0 aliphatic carbocycles. The van der Waals surface area contributed by atoms with Crippen molar-refractivity contribution in [3.8, 4) is 0 Å². The molecule has 3 rings (SSSR count). The molecule has 6 heteroatoms. The molecule has 1 saturated heterocycles. The van der Waals surface area contributed by atoms with E-state index in [1.54, 1.807) is 49.7 Å². The van der Waals surface area contributed by atoms with Crippen LogP contribution in [0.2, 0.25) is 0 Å². The fourth-order valence-corrected chi connectivity index (χ4v) is 3.90. The van der Waals surface area contributed by atoms with Crippen LogP contribution in [0.3, 0.4) is 0 Å². The number of carbonyl (C=O) groups is 2. The van der Waals surface area contributed by atoms with Gasteiger partial charge < -0.3 is 10.2 Å². The summed E-state index contributed by atoms with van der Waals surface area (Å²) in [6.07, 6.45) is 2.22. The van der Waals surface area contributed by atoms with Crippen LogP contribution in [-0.4, -0.2) is 48.8 Å². The Hall–Kier alpha value is -2.18. The molecular weight excluding hydrogens is 334 g/mol.